The quantitative estimate of drug-likeness (QED) is 0.543. The summed E-state index contributed by atoms with van der Waals surface area (Å²) in [6, 6.07) is 11.4. The van der Waals surface area contributed by atoms with E-state index in [1.165, 1.54) is 0 Å². The van der Waals surface area contributed by atoms with Crippen molar-refractivity contribution in [2.75, 3.05) is 6.54 Å². The molecule has 0 radical (unpaired) electrons. The third-order valence-corrected chi connectivity index (χ3v) is 7.32. The van der Waals surface area contributed by atoms with Crippen LogP contribution in [0, 0.1) is 0 Å². The number of urea groups is 1. The summed E-state index contributed by atoms with van der Waals surface area (Å²) in [5, 5.41) is 4.75. The van der Waals surface area contributed by atoms with E-state index in [4.69, 9.17) is 23.2 Å². The molecule has 1 unspecified atom stereocenters. The standard InChI is InChI=1S/C24H22Cl2N4O3/c1-13(21(31)27-12-14-7-8-15(25)11-18(14)26)30-22(32)24(2)20-17(9-10-29(24)23(30)33)16-5-3-4-6-19(16)28-20/h3-8,11,13,28H,9-10,12H2,1-2H3,(H,27,31)/t13-,24?/m0/s1. The van der Waals surface area contributed by atoms with Crippen molar-refractivity contribution in [1.29, 1.82) is 0 Å². The highest BCUT2D eigenvalue weighted by molar-refractivity contribution is 6.35. The van der Waals surface area contributed by atoms with Crippen molar-refractivity contribution in [2.45, 2.75) is 38.4 Å². The fraction of sp³-hybridized carbons (Fsp3) is 0.292. The Kier molecular flexibility index (Phi) is 5.14. The molecule has 33 heavy (non-hydrogen) atoms. The number of fused-ring (bicyclic) bond motifs is 5. The van der Waals surface area contributed by atoms with Gasteiger partial charge in [0.25, 0.3) is 5.91 Å². The second-order valence-electron chi connectivity index (χ2n) is 8.59. The molecular formula is C24H22Cl2N4O3. The molecule has 1 fully saturated rings. The van der Waals surface area contributed by atoms with Gasteiger partial charge in [-0.25, -0.2) is 9.69 Å². The highest BCUT2D eigenvalue weighted by Crippen LogP contribution is 2.44. The number of carbonyl (C=O) groups is 3. The first-order valence-electron chi connectivity index (χ1n) is 10.7. The number of imide groups is 1. The minimum Gasteiger partial charge on any atom is -0.356 e. The normalized spacial score (nSPS) is 20.7. The van der Waals surface area contributed by atoms with Gasteiger partial charge in [0, 0.05) is 34.0 Å². The van der Waals surface area contributed by atoms with Gasteiger partial charge in [0.05, 0.1) is 5.69 Å². The van der Waals surface area contributed by atoms with Gasteiger partial charge < -0.3 is 15.2 Å². The SMILES string of the molecule is C[C@@H](C(=O)NCc1ccc(Cl)cc1Cl)N1C(=O)N2CCc3c([nH]c4ccccc34)C2(C)C1=O. The van der Waals surface area contributed by atoms with Crippen LogP contribution in [0.2, 0.25) is 10.0 Å². The molecule has 2 N–H and O–H groups in total. The predicted molar refractivity (Wildman–Crippen MR) is 126 cm³/mol. The van der Waals surface area contributed by atoms with Crippen LogP contribution in [0.4, 0.5) is 4.79 Å². The van der Waals surface area contributed by atoms with Crippen LogP contribution in [0.25, 0.3) is 10.9 Å². The van der Waals surface area contributed by atoms with Gasteiger partial charge in [0.1, 0.15) is 6.04 Å². The highest BCUT2D eigenvalue weighted by atomic mass is 35.5. The zero-order chi connectivity index (χ0) is 23.5. The molecule has 2 aromatic carbocycles. The van der Waals surface area contributed by atoms with E-state index in [2.05, 4.69) is 10.3 Å². The molecule has 5 rings (SSSR count). The molecule has 1 aromatic heterocycles. The van der Waals surface area contributed by atoms with Gasteiger partial charge in [0.2, 0.25) is 5.91 Å². The molecule has 0 spiro atoms. The lowest BCUT2D eigenvalue weighted by molar-refractivity contribution is -0.139. The number of nitrogens with zero attached hydrogens (tertiary/aromatic N) is 2. The Balaban J connectivity index is 1.41. The van der Waals surface area contributed by atoms with Crippen molar-refractivity contribution >= 4 is 52.0 Å². The topological polar surface area (TPSA) is 85.5 Å². The number of aromatic nitrogens is 1. The summed E-state index contributed by atoms with van der Waals surface area (Å²) >= 11 is 12.1. The molecule has 0 bridgehead atoms. The molecule has 1 saturated heterocycles. The van der Waals surface area contributed by atoms with Crippen LogP contribution in [-0.4, -0.2) is 45.2 Å². The van der Waals surface area contributed by atoms with E-state index in [1.54, 1.807) is 36.9 Å². The molecule has 2 aliphatic heterocycles. The van der Waals surface area contributed by atoms with E-state index in [9.17, 15) is 14.4 Å². The van der Waals surface area contributed by atoms with Crippen molar-refractivity contribution in [2.24, 2.45) is 0 Å². The first-order valence-corrected chi connectivity index (χ1v) is 11.5. The van der Waals surface area contributed by atoms with Crippen molar-refractivity contribution in [3.05, 3.63) is 69.3 Å². The molecule has 3 heterocycles. The highest BCUT2D eigenvalue weighted by Gasteiger charge is 2.60. The summed E-state index contributed by atoms with van der Waals surface area (Å²) in [7, 11) is 0. The maximum atomic E-state index is 13.7. The molecule has 170 valence electrons. The lowest BCUT2D eigenvalue weighted by Crippen LogP contribution is -2.49. The third-order valence-electron chi connectivity index (χ3n) is 6.73. The Bertz CT molecular complexity index is 1320. The van der Waals surface area contributed by atoms with Gasteiger partial charge >= 0.3 is 6.03 Å². The van der Waals surface area contributed by atoms with Crippen LogP contribution in [-0.2, 0) is 28.1 Å². The average molecular weight is 485 g/mol. The van der Waals surface area contributed by atoms with E-state index in [1.807, 2.05) is 24.3 Å². The van der Waals surface area contributed by atoms with Gasteiger partial charge in [-0.2, -0.15) is 0 Å². The fourth-order valence-corrected chi connectivity index (χ4v) is 5.35. The second-order valence-corrected chi connectivity index (χ2v) is 9.43. The van der Waals surface area contributed by atoms with Crippen molar-refractivity contribution in [3.8, 4) is 0 Å². The van der Waals surface area contributed by atoms with Gasteiger partial charge in [-0.1, -0.05) is 47.5 Å². The fourth-order valence-electron chi connectivity index (χ4n) is 4.87. The number of rotatable bonds is 4. The van der Waals surface area contributed by atoms with Gasteiger partial charge in [-0.3, -0.25) is 9.59 Å². The summed E-state index contributed by atoms with van der Waals surface area (Å²) in [5.74, 6) is -0.852. The maximum Gasteiger partial charge on any atom is 0.328 e. The lowest BCUT2D eigenvalue weighted by Gasteiger charge is -2.36. The van der Waals surface area contributed by atoms with Crippen LogP contribution in [0.5, 0.6) is 0 Å². The molecule has 0 aliphatic carbocycles. The minimum atomic E-state index is -1.18. The molecule has 9 heteroatoms. The van der Waals surface area contributed by atoms with E-state index < -0.39 is 29.4 Å². The molecule has 0 saturated carbocycles. The van der Waals surface area contributed by atoms with Gasteiger partial charge in [0.15, 0.2) is 5.54 Å². The first-order chi connectivity index (χ1) is 15.7. The van der Waals surface area contributed by atoms with Crippen molar-refractivity contribution in [3.63, 3.8) is 0 Å². The molecule has 4 amide bonds. The van der Waals surface area contributed by atoms with E-state index >= 15 is 0 Å². The van der Waals surface area contributed by atoms with Crippen LogP contribution in [0.1, 0.15) is 30.7 Å². The number of carbonyl (C=O) groups excluding carboxylic acids is 3. The van der Waals surface area contributed by atoms with Gasteiger partial charge in [-0.05, 0) is 49.6 Å². The largest absolute Gasteiger partial charge is 0.356 e. The number of nitrogens with one attached hydrogen (secondary N) is 2. The molecule has 2 atom stereocenters. The summed E-state index contributed by atoms with van der Waals surface area (Å²) in [4.78, 5) is 45.8. The van der Waals surface area contributed by atoms with E-state index in [0.717, 1.165) is 27.1 Å². The number of H-pyrrole nitrogens is 1. The number of benzene rings is 2. The lowest BCUT2D eigenvalue weighted by atomic mass is 9.87. The number of aromatic amines is 1. The van der Waals surface area contributed by atoms with Crippen molar-refractivity contribution in [1.82, 2.24) is 20.1 Å². The first kappa shape index (κ1) is 21.8. The second kappa shape index (κ2) is 7.78. The zero-order valence-electron chi connectivity index (χ0n) is 18.1. The molecule has 7 nitrogen and oxygen atoms in total. The molecule has 3 aromatic rings. The Morgan fingerprint density at radius 1 is 1.21 bits per heavy atom. The Morgan fingerprint density at radius 3 is 2.73 bits per heavy atom. The third kappa shape index (κ3) is 3.21. The van der Waals surface area contributed by atoms with Crippen LogP contribution in [0.15, 0.2) is 42.5 Å². The zero-order valence-corrected chi connectivity index (χ0v) is 19.6. The Hall–Kier alpha value is -3.03. The number of hydrogen-bond acceptors (Lipinski definition) is 3. The summed E-state index contributed by atoms with van der Waals surface area (Å²) < 4.78 is 0. The average Bonchev–Trinajstić information content (AvgIpc) is 3.26. The van der Waals surface area contributed by atoms with Crippen molar-refractivity contribution < 1.29 is 14.4 Å². The summed E-state index contributed by atoms with van der Waals surface area (Å²) in [6.45, 7) is 3.87. The van der Waals surface area contributed by atoms with E-state index in [-0.39, 0.29) is 6.54 Å². The molecule has 2 aliphatic rings. The Morgan fingerprint density at radius 2 is 1.97 bits per heavy atom. The number of amides is 4. The predicted octanol–water partition coefficient (Wildman–Crippen LogP) is 4.22. The number of halogens is 2. The summed E-state index contributed by atoms with van der Waals surface area (Å²) in [6.07, 6.45) is 0.636. The molecular weight excluding hydrogens is 463 g/mol. The monoisotopic (exact) mass is 484 g/mol. The number of hydrogen-bond donors (Lipinski definition) is 2. The van der Waals surface area contributed by atoms with Crippen LogP contribution in [0.3, 0.4) is 0 Å². The summed E-state index contributed by atoms with van der Waals surface area (Å²) in [5.41, 5.74) is 2.19. The maximum absolute atomic E-state index is 13.7. The van der Waals surface area contributed by atoms with Crippen LogP contribution >= 0.6 is 23.2 Å². The minimum absolute atomic E-state index is 0.155. The number of para-hydroxylation sites is 1. The van der Waals surface area contributed by atoms with Crippen LogP contribution < -0.4 is 5.32 Å². The van der Waals surface area contributed by atoms with E-state index in [0.29, 0.717) is 28.6 Å². The Labute approximate surface area is 200 Å². The van der Waals surface area contributed by atoms with Gasteiger partial charge in [-0.15, -0.1) is 0 Å². The smallest absolute Gasteiger partial charge is 0.328 e.